The Morgan fingerprint density at radius 1 is 1.17 bits per heavy atom. The number of anilines is 2. The lowest BCUT2D eigenvalue weighted by Gasteiger charge is -2.26. The topological polar surface area (TPSA) is 142 Å². The van der Waals surface area contributed by atoms with Gasteiger partial charge in [-0.05, 0) is 37.5 Å². The molecule has 11 nitrogen and oxygen atoms in total. The summed E-state index contributed by atoms with van der Waals surface area (Å²) < 4.78 is 5.42. The van der Waals surface area contributed by atoms with Crippen LogP contribution in [0.2, 0.25) is 10.0 Å². The normalized spacial score (nSPS) is 16.7. The number of aliphatic hydroxyl groups is 1. The molecule has 2 amide bonds. The van der Waals surface area contributed by atoms with Gasteiger partial charge in [-0.15, -0.1) is 0 Å². The van der Waals surface area contributed by atoms with Gasteiger partial charge in [-0.3, -0.25) is 9.59 Å². The number of aliphatic hydroxyl groups excluding tert-OH is 1. The number of hydrogen-bond acceptors (Lipinski definition) is 9. The van der Waals surface area contributed by atoms with Gasteiger partial charge >= 0.3 is 0 Å². The van der Waals surface area contributed by atoms with Crippen molar-refractivity contribution in [2.24, 2.45) is 0 Å². The van der Waals surface area contributed by atoms with Gasteiger partial charge in [0.25, 0.3) is 5.91 Å². The number of nitrogens with zero attached hydrogens (tertiary/aromatic N) is 4. The number of amides is 2. The maximum atomic E-state index is 13.5. The number of aromatic nitrogens is 3. The van der Waals surface area contributed by atoms with Crippen LogP contribution in [0.1, 0.15) is 47.3 Å². The smallest absolute Gasteiger partial charge is 0.255 e. The molecular weight excluding hydrogens is 569 g/mol. The summed E-state index contributed by atoms with van der Waals surface area (Å²) in [4.78, 5) is 41.3. The number of carbonyl (C=O) groups excluding carboxylic acids is 2. The van der Waals surface area contributed by atoms with Gasteiger partial charge in [-0.2, -0.15) is 0 Å². The number of nitrogens with one attached hydrogen (secondary N) is 3. The lowest BCUT2D eigenvalue weighted by atomic mass is 10.0. The minimum atomic E-state index is -0.810. The van der Waals surface area contributed by atoms with Gasteiger partial charge in [-0.25, -0.2) is 15.0 Å². The Balaban J connectivity index is 1.31. The standard InChI is InChI=1S/C28H31Cl2N7O4/c1-15(26(39)35-23(14-38)20-10-24(31-2)32-11-21(20)29)37-13-17-4-3-16(9-19(17)27(37)40)25-22(30)12-33-28(36-25)34-18-5-7-41-8-6-18/h3-4,9-12,15,18,23,38H,5-8,13-14H2,1-2H3,(H,31,32)(H,35,39)(H,33,34,36)/t15-,23-/m1/s1. The molecule has 4 heterocycles. The number of halogens is 2. The Hall–Kier alpha value is -3.51. The average Bonchev–Trinajstić information content (AvgIpc) is 3.32. The lowest BCUT2D eigenvalue weighted by molar-refractivity contribution is -0.126. The predicted octanol–water partition coefficient (Wildman–Crippen LogP) is 3.67. The Labute approximate surface area is 247 Å². The molecule has 1 aromatic carbocycles. The highest BCUT2D eigenvalue weighted by Crippen LogP contribution is 2.33. The first-order valence-corrected chi connectivity index (χ1v) is 14.1. The summed E-state index contributed by atoms with van der Waals surface area (Å²) in [6.45, 7) is 2.91. The SMILES string of the molecule is CNc1cc([C@@H](CO)NC(=O)[C@@H](C)N2Cc3ccc(-c4nc(NC5CCOCC5)ncc4Cl)cc3C2=O)c(Cl)cn1. The first-order chi connectivity index (χ1) is 19.8. The molecule has 0 saturated carbocycles. The van der Waals surface area contributed by atoms with E-state index in [0.717, 1.165) is 18.4 Å². The molecule has 0 spiro atoms. The largest absolute Gasteiger partial charge is 0.394 e. The molecule has 41 heavy (non-hydrogen) atoms. The summed E-state index contributed by atoms with van der Waals surface area (Å²) in [5, 5.41) is 19.7. The monoisotopic (exact) mass is 599 g/mol. The van der Waals surface area contributed by atoms with E-state index in [-0.39, 0.29) is 25.1 Å². The molecule has 1 saturated heterocycles. The third-order valence-electron chi connectivity index (χ3n) is 7.38. The van der Waals surface area contributed by atoms with Crippen molar-refractivity contribution in [3.63, 3.8) is 0 Å². The zero-order valence-electron chi connectivity index (χ0n) is 22.7. The number of fused-ring (bicyclic) bond motifs is 1. The molecule has 5 rings (SSSR count). The Bertz CT molecular complexity index is 1450. The third-order valence-corrected chi connectivity index (χ3v) is 7.97. The highest BCUT2D eigenvalue weighted by molar-refractivity contribution is 6.33. The second-order valence-corrected chi connectivity index (χ2v) is 10.8. The molecule has 3 aromatic rings. The van der Waals surface area contributed by atoms with E-state index in [1.807, 2.05) is 12.1 Å². The van der Waals surface area contributed by atoms with Crippen molar-refractivity contribution in [3.05, 3.63) is 63.4 Å². The number of hydrogen-bond donors (Lipinski definition) is 4. The van der Waals surface area contributed by atoms with Gasteiger partial charge in [-0.1, -0.05) is 35.3 Å². The number of ether oxygens (including phenoxy) is 1. The Kier molecular flexibility index (Phi) is 8.88. The van der Waals surface area contributed by atoms with Crippen molar-refractivity contribution in [2.75, 3.05) is 37.5 Å². The second-order valence-electron chi connectivity index (χ2n) is 9.99. The van der Waals surface area contributed by atoms with E-state index >= 15 is 0 Å². The van der Waals surface area contributed by atoms with Crippen LogP contribution >= 0.6 is 23.2 Å². The molecule has 0 bridgehead atoms. The van der Waals surface area contributed by atoms with Crippen LogP contribution in [-0.2, 0) is 16.1 Å². The van der Waals surface area contributed by atoms with Crippen LogP contribution in [0.15, 0.2) is 36.7 Å². The van der Waals surface area contributed by atoms with Crippen LogP contribution in [0.4, 0.5) is 11.8 Å². The summed E-state index contributed by atoms with van der Waals surface area (Å²) in [6, 6.07) is 5.75. The van der Waals surface area contributed by atoms with E-state index in [0.29, 0.717) is 57.4 Å². The molecular formula is C28H31Cl2N7O4. The number of carbonyl (C=O) groups is 2. The van der Waals surface area contributed by atoms with Crippen LogP contribution in [0.25, 0.3) is 11.3 Å². The summed E-state index contributed by atoms with van der Waals surface area (Å²) in [7, 11) is 1.71. The van der Waals surface area contributed by atoms with Gasteiger partial charge in [0.15, 0.2) is 0 Å². The maximum Gasteiger partial charge on any atom is 0.255 e. The van der Waals surface area contributed by atoms with Crippen molar-refractivity contribution in [3.8, 4) is 11.3 Å². The number of benzene rings is 1. The zero-order chi connectivity index (χ0) is 29.1. The first kappa shape index (κ1) is 29.0. The fourth-order valence-electron chi connectivity index (χ4n) is 4.96. The van der Waals surface area contributed by atoms with Crippen molar-refractivity contribution in [1.82, 2.24) is 25.2 Å². The van der Waals surface area contributed by atoms with Gasteiger partial charge < -0.3 is 30.7 Å². The van der Waals surface area contributed by atoms with Crippen LogP contribution in [0.3, 0.4) is 0 Å². The molecule has 2 atom stereocenters. The molecule has 1 fully saturated rings. The average molecular weight is 601 g/mol. The molecule has 0 aliphatic carbocycles. The van der Waals surface area contributed by atoms with Crippen molar-refractivity contribution in [2.45, 2.75) is 44.4 Å². The van der Waals surface area contributed by atoms with Crippen molar-refractivity contribution < 1.29 is 19.4 Å². The van der Waals surface area contributed by atoms with E-state index in [1.165, 1.54) is 11.1 Å². The summed E-state index contributed by atoms with van der Waals surface area (Å²) in [6.07, 6.45) is 4.72. The summed E-state index contributed by atoms with van der Waals surface area (Å²) in [5.74, 6) is 0.299. The molecule has 2 aliphatic heterocycles. The molecule has 0 unspecified atom stereocenters. The number of rotatable bonds is 9. The number of pyridine rings is 1. The first-order valence-electron chi connectivity index (χ1n) is 13.3. The van der Waals surface area contributed by atoms with Gasteiger partial charge in [0.2, 0.25) is 11.9 Å². The minimum absolute atomic E-state index is 0.214. The summed E-state index contributed by atoms with van der Waals surface area (Å²) in [5.41, 5.74) is 2.97. The Morgan fingerprint density at radius 3 is 2.66 bits per heavy atom. The van der Waals surface area contributed by atoms with Crippen LogP contribution in [0, 0.1) is 0 Å². The van der Waals surface area contributed by atoms with Gasteiger partial charge in [0.1, 0.15) is 11.9 Å². The molecule has 2 aromatic heterocycles. The quantitative estimate of drug-likeness (QED) is 0.290. The van der Waals surface area contributed by atoms with Gasteiger partial charge in [0.05, 0.1) is 34.6 Å². The molecule has 4 N–H and O–H groups in total. The third kappa shape index (κ3) is 6.23. The Morgan fingerprint density at radius 2 is 1.93 bits per heavy atom. The second kappa shape index (κ2) is 12.6. The van der Waals surface area contributed by atoms with Crippen LogP contribution < -0.4 is 16.0 Å². The zero-order valence-corrected chi connectivity index (χ0v) is 24.2. The fourth-order valence-corrected chi connectivity index (χ4v) is 5.40. The minimum Gasteiger partial charge on any atom is -0.394 e. The molecule has 2 aliphatic rings. The highest BCUT2D eigenvalue weighted by atomic mass is 35.5. The molecule has 0 radical (unpaired) electrons. The maximum absolute atomic E-state index is 13.5. The van der Waals surface area contributed by atoms with E-state index in [4.69, 9.17) is 27.9 Å². The highest BCUT2D eigenvalue weighted by Gasteiger charge is 2.35. The lowest BCUT2D eigenvalue weighted by Crippen LogP contribution is -2.46. The summed E-state index contributed by atoms with van der Waals surface area (Å²) >= 11 is 12.8. The van der Waals surface area contributed by atoms with Crippen LogP contribution in [-0.4, -0.2) is 75.7 Å². The van der Waals surface area contributed by atoms with Crippen LogP contribution in [0.5, 0.6) is 0 Å². The fraction of sp³-hybridized carbons (Fsp3) is 0.393. The van der Waals surface area contributed by atoms with E-state index in [2.05, 4.69) is 30.9 Å². The van der Waals surface area contributed by atoms with E-state index in [1.54, 1.807) is 32.3 Å². The van der Waals surface area contributed by atoms with Crippen molar-refractivity contribution >= 4 is 46.8 Å². The van der Waals surface area contributed by atoms with E-state index in [9.17, 15) is 14.7 Å². The van der Waals surface area contributed by atoms with E-state index < -0.39 is 18.0 Å². The van der Waals surface area contributed by atoms with Crippen molar-refractivity contribution in [1.29, 1.82) is 0 Å². The molecule has 13 heteroatoms. The van der Waals surface area contributed by atoms with Gasteiger partial charge in [0, 0.05) is 55.7 Å². The predicted molar refractivity (Wildman–Crippen MR) is 156 cm³/mol. The molecule has 216 valence electrons.